The summed E-state index contributed by atoms with van der Waals surface area (Å²) in [7, 11) is 2.97. The average molecular weight is 355 g/mol. The van der Waals surface area contributed by atoms with Gasteiger partial charge in [0, 0.05) is 7.05 Å². The Morgan fingerprint density at radius 2 is 2.09 bits per heavy atom. The number of halogens is 1. The van der Waals surface area contributed by atoms with Gasteiger partial charge in [-0.3, -0.25) is 19.8 Å². The Morgan fingerprint density at radius 1 is 1.39 bits per heavy atom. The minimum absolute atomic E-state index is 0.0385. The van der Waals surface area contributed by atoms with Crippen LogP contribution in [0, 0.1) is 0 Å². The molecule has 8 heteroatoms. The van der Waals surface area contributed by atoms with Crippen molar-refractivity contribution in [3.05, 3.63) is 28.3 Å². The van der Waals surface area contributed by atoms with Crippen LogP contribution in [0.5, 0.6) is 11.5 Å². The van der Waals surface area contributed by atoms with Gasteiger partial charge in [0.1, 0.15) is 5.57 Å². The predicted octanol–water partition coefficient (Wildman–Crippen LogP) is 2.00. The molecule has 0 bridgehead atoms. The van der Waals surface area contributed by atoms with Gasteiger partial charge in [-0.1, -0.05) is 11.6 Å². The molecular weight excluding hydrogens is 340 g/mol. The van der Waals surface area contributed by atoms with Gasteiger partial charge < -0.3 is 9.47 Å². The number of hydrogen-bond donors (Lipinski definition) is 1. The number of likely N-dealkylation sites (N-methyl/N-ethyl adjacent to an activating group) is 1. The van der Waals surface area contributed by atoms with E-state index in [1.165, 1.54) is 25.1 Å². The summed E-state index contributed by atoms with van der Waals surface area (Å²) in [6.07, 6.45) is 1.43. The van der Waals surface area contributed by atoms with E-state index in [4.69, 9.17) is 33.3 Å². The second kappa shape index (κ2) is 6.97. The van der Waals surface area contributed by atoms with Crippen LogP contribution in [-0.4, -0.2) is 42.6 Å². The second-order valence-electron chi connectivity index (χ2n) is 4.65. The number of methoxy groups -OCH3 is 1. The number of carbonyl (C=O) groups excluding carboxylic acids is 2. The first kappa shape index (κ1) is 17.2. The van der Waals surface area contributed by atoms with Crippen LogP contribution in [0.25, 0.3) is 6.08 Å². The van der Waals surface area contributed by atoms with E-state index in [2.05, 4.69) is 5.32 Å². The first-order valence-electron chi connectivity index (χ1n) is 6.74. The normalized spacial score (nSPS) is 16.6. The summed E-state index contributed by atoms with van der Waals surface area (Å²) >= 11 is 11.1. The Bertz CT molecular complexity index is 718. The molecule has 23 heavy (non-hydrogen) atoms. The van der Waals surface area contributed by atoms with Crippen molar-refractivity contribution in [2.24, 2.45) is 0 Å². The highest BCUT2D eigenvalue weighted by atomic mass is 35.5. The summed E-state index contributed by atoms with van der Waals surface area (Å²) < 4.78 is 10.7. The Morgan fingerprint density at radius 3 is 2.70 bits per heavy atom. The highest BCUT2D eigenvalue weighted by Gasteiger charge is 2.30. The van der Waals surface area contributed by atoms with Gasteiger partial charge in [0.15, 0.2) is 16.6 Å². The molecule has 1 aromatic rings. The molecule has 1 aliphatic heterocycles. The molecule has 1 aromatic carbocycles. The van der Waals surface area contributed by atoms with Gasteiger partial charge in [0.2, 0.25) is 0 Å². The number of nitrogens with zero attached hydrogens (tertiary/aromatic N) is 1. The highest BCUT2D eigenvalue weighted by Crippen LogP contribution is 2.37. The summed E-state index contributed by atoms with van der Waals surface area (Å²) in [5.41, 5.74) is 0.499. The molecule has 6 nitrogen and oxygen atoms in total. The molecule has 122 valence electrons. The molecule has 0 radical (unpaired) electrons. The molecule has 1 aliphatic rings. The van der Waals surface area contributed by atoms with Gasteiger partial charge in [-0.25, -0.2) is 0 Å². The number of ether oxygens (including phenoxy) is 2. The predicted molar refractivity (Wildman–Crippen MR) is 90.7 cm³/mol. The monoisotopic (exact) mass is 354 g/mol. The van der Waals surface area contributed by atoms with E-state index < -0.39 is 11.8 Å². The third-order valence-corrected chi connectivity index (χ3v) is 3.81. The molecule has 0 aromatic heterocycles. The van der Waals surface area contributed by atoms with Crippen LogP contribution >= 0.6 is 23.8 Å². The zero-order chi connectivity index (χ0) is 17.1. The Labute approximate surface area is 144 Å². The van der Waals surface area contributed by atoms with E-state index in [9.17, 15) is 9.59 Å². The van der Waals surface area contributed by atoms with Crippen molar-refractivity contribution in [3.63, 3.8) is 0 Å². The summed E-state index contributed by atoms with van der Waals surface area (Å²) in [5.74, 6) is -0.208. The third kappa shape index (κ3) is 3.46. The third-order valence-electron chi connectivity index (χ3n) is 3.16. The Hall–Kier alpha value is -2.12. The highest BCUT2D eigenvalue weighted by molar-refractivity contribution is 7.80. The van der Waals surface area contributed by atoms with E-state index in [1.807, 2.05) is 6.92 Å². The van der Waals surface area contributed by atoms with Crippen LogP contribution in [0.2, 0.25) is 5.02 Å². The molecule has 0 aliphatic carbocycles. The van der Waals surface area contributed by atoms with Crippen LogP contribution in [0.3, 0.4) is 0 Å². The molecule has 1 heterocycles. The first-order chi connectivity index (χ1) is 10.9. The lowest BCUT2D eigenvalue weighted by Crippen LogP contribution is -2.52. The number of benzene rings is 1. The molecule has 0 atom stereocenters. The van der Waals surface area contributed by atoms with Crippen molar-refractivity contribution in [2.45, 2.75) is 6.92 Å². The molecule has 1 saturated heterocycles. The number of thiocarbonyl (C=S) groups is 1. The van der Waals surface area contributed by atoms with E-state index >= 15 is 0 Å². The number of hydrogen-bond acceptors (Lipinski definition) is 5. The maximum atomic E-state index is 12.2. The van der Waals surface area contributed by atoms with Crippen molar-refractivity contribution in [1.82, 2.24) is 10.2 Å². The molecular formula is C15H15ClN2O4S. The number of carbonyl (C=O) groups is 2. The quantitative estimate of drug-likeness (QED) is 0.509. The standard InChI is InChI=1S/C15H15ClN2O4S/c1-4-22-12-10(16)6-8(7-11(12)21-3)5-9-13(19)17-15(23)18(2)14(9)20/h5-7H,4H2,1-3H3,(H,17,19,23)/b9-5+. The van der Waals surface area contributed by atoms with E-state index in [0.29, 0.717) is 28.7 Å². The fourth-order valence-electron chi connectivity index (χ4n) is 2.02. The van der Waals surface area contributed by atoms with Crippen LogP contribution < -0.4 is 14.8 Å². The van der Waals surface area contributed by atoms with Gasteiger partial charge in [0.05, 0.1) is 18.7 Å². The minimum Gasteiger partial charge on any atom is -0.493 e. The summed E-state index contributed by atoms with van der Waals surface area (Å²) in [4.78, 5) is 25.3. The van der Waals surface area contributed by atoms with Gasteiger partial charge in [0.25, 0.3) is 11.8 Å². The lowest BCUT2D eigenvalue weighted by molar-refractivity contribution is -0.128. The van der Waals surface area contributed by atoms with Gasteiger partial charge >= 0.3 is 0 Å². The maximum absolute atomic E-state index is 12.2. The van der Waals surface area contributed by atoms with Crippen LogP contribution in [-0.2, 0) is 9.59 Å². The van der Waals surface area contributed by atoms with Crippen LogP contribution in [0.1, 0.15) is 12.5 Å². The van der Waals surface area contributed by atoms with E-state index in [-0.39, 0.29) is 10.7 Å². The van der Waals surface area contributed by atoms with Crippen molar-refractivity contribution in [1.29, 1.82) is 0 Å². The second-order valence-corrected chi connectivity index (χ2v) is 5.44. The van der Waals surface area contributed by atoms with Crippen molar-refractivity contribution in [3.8, 4) is 11.5 Å². The average Bonchev–Trinajstić information content (AvgIpc) is 2.51. The van der Waals surface area contributed by atoms with Gasteiger partial charge in [-0.15, -0.1) is 0 Å². The fourth-order valence-corrected chi connectivity index (χ4v) is 2.47. The summed E-state index contributed by atoms with van der Waals surface area (Å²) in [6.45, 7) is 2.26. The zero-order valence-electron chi connectivity index (χ0n) is 12.8. The van der Waals surface area contributed by atoms with E-state index in [0.717, 1.165) is 0 Å². The lowest BCUT2D eigenvalue weighted by atomic mass is 10.1. The van der Waals surface area contributed by atoms with Gasteiger partial charge in [-0.2, -0.15) is 0 Å². The SMILES string of the molecule is CCOc1c(Cl)cc(/C=C2\C(=O)NC(=S)N(C)C2=O)cc1OC. The van der Waals surface area contributed by atoms with Crippen LogP contribution in [0.4, 0.5) is 0 Å². The largest absolute Gasteiger partial charge is 0.493 e. The maximum Gasteiger partial charge on any atom is 0.265 e. The molecule has 0 unspecified atom stereocenters. The van der Waals surface area contributed by atoms with Gasteiger partial charge in [-0.05, 0) is 42.9 Å². The Kier molecular flexibility index (Phi) is 5.23. The smallest absolute Gasteiger partial charge is 0.265 e. The molecule has 0 spiro atoms. The van der Waals surface area contributed by atoms with Crippen molar-refractivity contribution in [2.75, 3.05) is 20.8 Å². The minimum atomic E-state index is -0.554. The summed E-state index contributed by atoms with van der Waals surface area (Å²) in [5, 5.41) is 2.84. The molecule has 2 amide bonds. The van der Waals surface area contributed by atoms with Crippen LogP contribution in [0.15, 0.2) is 17.7 Å². The topological polar surface area (TPSA) is 67.9 Å². The number of amides is 2. The first-order valence-corrected chi connectivity index (χ1v) is 7.53. The molecule has 1 fully saturated rings. The molecule has 2 rings (SSSR count). The number of nitrogens with one attached hydrogen (secondary N) is 1. The molecule has 0 saturated carbocycles. The fraction of sp³-hybridized carbons (Fsp3) is 0.267. The van der Waals surface area contributed by atoms with Crippen molar-refractivity contribution < 1.29 is 19.1 Å². The Balaban J connectivity index is 2.46. The summed E-state index contributed by atoms with van der Waals surface area (Å²) in [6, 6.07) is 3.23. The number of rotatable bonds is 4. The zero-order valence-corrected chi connectivity index (χ0v) is 14.4. The van der Waals surface area contributed by atoms with E-state index in [1.54, 1.807) is 12.1 Å². The molecule has 1 N–H and O–H groups in total. The van der Waals surface area contributed by atoms with Crippen molar-refractivity contribution >= 4 is 46.8 Å². The lowest BCUT2D eigenvalue weighted by Gasteiger charge is -2.25.